The van der Waals surface area contributed by atoms with E-state index in [1.807, 2.05) is 6.92 Å². The molecule has 0 unspecified atom stereocenters. The van der Waals surface area contributed by atoms with Crippen molar-refractivity contribution in [3.05, 3.63) is 24.3 Å². The van der Waals surface area contributed by atoms with Crippen LogP contribution in [0, 0.1) is 0 Å². The number of rotatable bonds is 10. The van der Waals surface area contributed by atoms with Gasteiger partial charge in [0.2, 0.25) is 11.8 Å². The maximum absolute atomic E-state index is 11.7. The van der Waals surface area contributed by atoms with E-state index in [1.165, 1.54) is 0 Å². The topological polar surface area (TPSA) is 105 Å². The lowest BCUT2D eigenvalue weighted by Gasteiger charge is -2.07. The fourth-order valence-electron chi connectivity index (χ4n) is 1.59. The molecule has 0 heterocycles. The third-order valence-electron chi connectivity index (χ3n) is 2.58. The van der Waals surface area contributed by atoms with Crippen LogP contribution >= 0.6 is 11.8 Å². The molecule has 0 aliphatic rings. The minimum absolute atomic E-state index is 0.0904. The molecule has 0 atom stereocenters. The van der Waals surface area contributed by atoms with Gasteiger partial charge in [-0.1, -0.05) is 0 Å². The van der Waals surface area contributed by atoms with Gasteiger partial charge in [-0.05, 0) is 31.2 Å². The summed E-state index contributed by atoms with van der Waals surface area (Å²) in [6.07, 6.45) is -0.116. The molecule has 0 aliphatic carbocycles. The zero-order valence-corrected chi connectivity index (χ0v) is 13.6. The molecule has 126 valence electrons. The van der Waals surface area contributed by atoms with Crippen LogP contribution in [-0.4, -0.2) is 47.5 Å². The van der Waals surface area contributed by atoms with E-state index in [2.05, 4.69) is 10.6 Å². The van der Waals surface area contributed by atoms with Gasteiger partial charge in [-0.15, -0.1) is 11.8 Å². The Morgan fingerprint density at radius 3 is 2.39 bits per heavy atom. The van der Waals surface area contributed by atoms with Gasteiger partial charge in [0.15, 0.2) is 0 Å². The summed E-state index contributed by atoms with van der Waals surface area (Å²) in [5.74, 6) is -0.483. The predicted octanol–water partition coefficient (Wildman–Crippen LogP) is 1.35. The fraction of sp³-hybridized carbons (Fsp3) is 0.400. The SMILES string of the molecule is CCOc1ccc(NC(=O)CSCC(=O)NCCC(=O)O)cc1. The summed E-state index contributed by atoms with van der Waals surface area (Å²) >= 11 is 1.16. The second-order valence-electron chi connectivity index (χ2n) is 4.49. The monoisotopic (exact) mass is 340 g/mol. The van der Waals surface area contributed by atoms with E-state index in [1.54, 1.807) is 24.3 Å². The first-order valence-corrected chi connectivity index (χ1v) is 8.25. The minimum Gasteiger partial charge on any atom is -0.494 e. The highest BCUT2D eigenvalue weighted by Gasteiger charge is 2.07. The van der Waals surface area contributed by atoms with Gasteiger partial charge in [-0.2, -0.15) is 0 Å². The van der Waals surface area contributed by atoms with Crippen LogP contribution in [0.3, 0.4) is 0 Å². The second-order valence-corrected chi connectivity index (χ2v) is 5.48. The van der Waals surface area contributed by atoms with Crippen LogP contribution < -0.4 is 15.4 Å². The lowest BCUT2D eigenvalue weighted by Crippen LogP contribution is -2.28. The van der Waals surface area contributed by atoms with Crippen molar-refractivity contribution < 1.29 is 24.2 Å². The Labute approximate surface area is 138 Å². The standard InChI is InChI=1S/C15H20N2O5S/c1-2-22-12-5-3-11(4-6-12)17-14(19)10-23-9-13(18)16-8-7-15(20)21/h3-6H,2,7-10H2,1H3,(H,16,18)(H,17,19)(H,20,21). The maximum atomic E-state index is 11.7. The number of benzene rings is 1. The molecule has 23 heavy (non-hydrogen) atoms. The summed E-state index contributed by atoms with van der Waals surface area (Å²) in [5.41, 5.74) is 0.657. The smallest absolute Gasteiger partial charge is 0.305 e. The quantitative estimate of drug-likeness (QED) is 0.594. The Bertz CT molecular complexity index is 533. The van der Waals surface area contributed by atoms with Crippen LogP contribution in [0.4, 0.5) is 5.69 Å². The van der Waals surface area contributed by atoms with Crippen molar-refractivity contribution >= 4 is 35.2 Å². The highest BCUT2D eigenvalue weighted by atomic mass is 32.2. The second kappa shape index (κ2) is 10.5. The first kappa shape index (κ1) is 18.8. The van der Waals surface area contributed by atoms with E-state index in [4.69, 9.17) is 9.84 Å². The third-order valence-corrected chi connectivity index (χ3v) is 3.51. The molecule has 1 aromatic carbocycles. The summed E-state index contributed by atoms with van der Waals surface area (Å²) in [6, 6.07) is 7.02. The first-order valence-electron chi connectivity index (χ1n) is 7.10. The number of carbonyl (C=O) groups excluding carboxylic acids is 2. The minimum atomic E-state index is -0.965. The molecular weight excluding hydrogens is 320 g/mol. The molecule has 0 aromatic heterocycles. The van der Waals surface area contributed by atoms with Gasteiger partial charge in [-0.3, -0.25) is 14.4 Å². The first-order chi connectivity index (χ1) is 11.0. The molecule has 0 saturated heterocycles. The van der Waals surface area contributed by atoms with Gasteiger partial charge < -0.3 is 20.5 Å². The summed E-state index contributed by atoms with van der Waals surface area (Å²) in [6.45, 7) is 2.56. The largest absolute Gasteiger partial charge is 0.494 e. The van der Waals surface area contributed by atoms with Crippen LogP contribution in [0.2, 0.25) is 0 Å². The number of nitrogens with one attached hydrogen (secondary N) is 2. The fourth-order valence-corrected chi connectivity index (χ4v) is 2.24. The van der Waals surface area contributed by atoms with E-state index in [0.717, 1.165) is 17.5 Å². The molecular formula is C15H20N2O5S. The summed E-state index contributed by atoms with van der Waals surface area (Å²) < 4.78 is 5.31. The third kappa shape index (κ3) is 8.72. The molecule has 0 radical (unpaired) electrons. The number of thioether (sulfide) groups is 1. The van der Waals surface area contributed by atoms with E-state index in [0.29, 0.717) is 12.3 Å². The van der Waals surface area contributed by atoms with Gasteiger partial charge in [0.25, 0.3) is 0 Å². The number of ether oxygens (including phenoxy) is 1. The van der Waals surface area contributed by atoms with Crippen LogP contribution in [0.15, 0.2) is 24.3 Å². The Morgan fingerprint density at radius 1 is 1.13 bits per heavy atom. The van der Waals surface area contributed by atoms with E-state index in [9.17, 15) is 14.4 Å². The molecule has 2 amide bonds. The van der Waals surface area contributed by atoms with Crippen LogP contribution in [0.25, 0.3) is 0 Å². The van der Waals surface area contributed by atoms with Crippen molar-refractivity contribution in [1.82, 2.24) is 5.32 Å². The molecule has 8 heteroatoms. The van der Waals surface area contributed by atoms with Crippen LogP contribution in [-0.2, 0) is 14.4 Å². The van der Waals surface area contributed by atoms with E-state index < -0.39 is 5.97 Å². The van der Waals surface area contributed by atoms with E-state index >= 15 is 0 Å². The number of anilines is 1. The number of amides is 2. The Morgan fingerprint density at radius 2 is 1.78 bits per heavy atom. The van der Waals surface area contributed by atoms with Gasteiger partial charge in [0.05, 0.1) is 24.5 Å². The number of carboxylic acid groups (broad SMARTS) is 1. The van der Waals surface area contributed by atoms with Crippen molar-refractivity contribution in [1.29, 1.82) is 0 Å². The Balaban J connectivity index is 2.21. The van der Waals surface area contributed by atoms with E-state index in [-0.39, 0.29) is 36.3 Å². The molecule has 0 aliphatic heterocycles. The molecule has 0 fully saturated rings. The van der Waals surface area contributed by atoms with Crippen molar-refractivity contribution in [2.75, 3.05) is 30.0 Å². The number of carboxylic acids is 1. The van der Waals surface area contributed by atoms with Crippen LogP contribution in [0.1, 0.15) is 13.3 Å². The molecule has 1 rings (SSSR count). The number of carbonyl (C=O) groups is 3. The number of hydrogen-bond donors (Lipinski definition) is 3. The average molecular weight is 340 g/mol. The highest BCUT2D eigenvalue weighted by molar-refractivity contribution is 8.00. The normalized spacial score (nSPS) is 9.96. The molecule has 0 saturated carbocycles. The molecule has 0 bridgehead atoms. The molecule has 1 aromatic rings. The molecule has 7 nitrogen and oxygen atoms in total. The zero-order valence-electron chi connectivity index (χ0n) is 12.8. The molecule has 3 N–H and O–H groups in total. The van der Waals surface area contributed by atoms with Crippen LogP contribution in [0.5, 0.6) is 5.75 Å². The van der Waals surface area contributed by atoms with Gasteiger partial charge in [0, 0.05) is 12.2 Å². The summed E-state index contributed by atoms with van der Waals surface area (Å²) in [4.78, 5) is 33.4. The number of aliphatic carboxylic acids is 1. The Hall–Kier alpha value is -2.22. The Kier molecular flexibility index (Phi) is 8.59. The van der Waals surface area contributed by atoms with Crippen molar-refractivity contribution in [3.63, 3.8) is 0 Å². The predicted molar refractivity (Wildman–Crippen MR) is 88.8 cm³/mol. The van der Waals surface area contributed by atoms with Crippen molar-refractivity contribution in [2.45, 2.75) is 13.3 Å². The molecule has 0 spiro atoms. The van der Waals surface area contributed by atoms with Gasteiger partial charge in [0.1, 0.15) is 5.75 Å². The highest BCUT2D eigenvalue weighted by Crippen LogP contribution is 2.15. The van der Waals surface area contributed by atoms with Crippen molar-refractivity contribution in [2.24, 2.45) is 0 Å². The lowest BCUT2D eigenvalue weighted by molar-refractivity contribution is -0.136. The summed E-state index contributed by atoms with van der Waals surface area (Å²) in [5, 5.41) is 13.6. The average Bonchev–Trinajstić information content (AvgIpc) is 2.49. The van der Waals surface area contributed by atoms with Gasteiger partial charge >= 0.3 is 5.97 Å². The van der Waals surface area contributed by atoms with Gasteiger partial charge in [-0.25, -0.2) is 0 Å². The zero-order chi connectivity index (χ0) is 17.1. The number of hydrogen-bond acceptors (Lipinski definition) is 5. The van der Waals surface area contributed by atoms with Crippen molar-refractivity contribution in [3.8, 4) is 5.75 Å². The summed E-state index contributed by atoms with van der Waals surface area (Å²) in [7, 11) is 0. The lowest BCUT2D eigenvalue weighted by atomic mass is 10.3. The maximum Gasteiger partial charge on any atom is 0.305 e.